The van der Waals surface area contributed by atoms with Crippen molar-refractivity contribution in [2.75, 3.05) is 26.7 Å². The molecule has 0 aliphatic carbocycles. The van der Waals surface area contributed by atoms with Gasteiger partial charge in [-0.25, -0.2) is 4.39 Å². The van der Waals surface area contributed by atoms with Crippen molar-refractivity contribution in [3.8, 4) is 5.75 Å². The van der Waals surface area contributed by atoms with Crippen LogP contribution in [0.1, 0.15) is 34.3 Å². The first-order valence-corrected chi connectivity index (χ1v) is 9.94. The fraction of sp³-hybridized carbons (Fsp3) is 0.391. The number of ether oxygens (including phenoxy) is 1. The van der Waals surface area contributed by atoms with Crippen LogP contribution in [-0.4, -0.2) is 43.5 Å². The van der Waals surface area contributed by atoms with Crippen molar-refractivity contribution in [3.05, 3.63) is 65.0 Å². The average Bonchev–Trinajstić information content (AvgIpc) is 2.74. The summed E-state index contributed by atoms with van der Waals surface area (Å²) in [5, 5.41) is 3.00. The van der Waals surface area contributed by atoms with Gasteiger partial charge >= 0.3 is 0 Å². The number of nitrogens with zero attached hydrogens (tertiary/aromatic N) is 1. The molecule has 2 aromatic rings. The SMILES string of the molecule is COc1ccc(C)cc1CCNC(=O)C1CCCN(C(=O)c2ccc(F)cc2)C1. The second-order valence-electron chi connectivity index (χ2n) is 7.45. The summed E-state index contributed by atoms with van der Waals surface area (Å²) in [6, 6.07) is 11.5. The molecule has 1 unspecified atom stereocenters. The Labute approximate surface area is 170 Å². The molecule has 5 nitrogen and oxygen atoms in total. The molecule has 0 spiro atoms. The third-order valence-corrected chi connectivity index (χ3v) is 5.30. The van der Waals surface area contributed by atoms with Crippen LogP contribution in [0.3, 0.4) is 0 Å². The van der Waals surface area contributed by atoms with Crippen LogP contribution in [-0.2, 0) is 11.2 Å². The monoisotopic (exact) mass is 398 g/mol. The number of likely N-dealkylation sites (tertiary alicyclic amines) is 1. The second kappa shape index (κ2) is 9.54. The Hall–Kier alpha value is -2.89. The molecular weight excluding hydrogens is 371 g/mol. The lowest BCUT2D eigenvalue weighted by atomic mass is 9.96. The van der Waals surface area contributed by atoms with Crippen molar-refractivity contribution in [3.63, 3.8) is 0 Å². The third kappa shape index (κ3) is 5.34. The number of rotatable bonds is 6. The van der Waals surface area contributed by atoms with Crippen molar-refractivity contribution >= 4 is 11.8 Å². The standard InChI is InChI=1S/C23H27FN2O3/c1-16-5-10-21(29-2)18(14-16)11-12-25-22(27)19-4-3-13-26(15-19)23(28)17-6-8-20(24)9-7-17/h5-10,14,19H,3-4,11-13,15H2,1-2H3,(H,25,27). The maximum absolute atomic E-state index is 13.1. The molecule has 0 radical (unpaired) electrons. The Morgan fingerprint density at radius 2 is 1.97 bits per heavy atom. The van der Waals surface area contributed by atoms with Gasteiger partial charge in [0, 0.05) is 25.2 Å². The van der Waals surface area contributed by atoms with Gasteiger partial charge in [-0.1, -0.05) is 17.7 Å². The predicted octanol–water partition coefficient (Wildman–Crippen LogP) is 3.35. The molecule has 29 heavy (non-hydrogen) atoms. The van der Waals surface area contributed by atoms with Gasteiger partial charge in [0.2, 0.25) is 5.91 Å². The zero-order valence-corrected chi connectivity index (χ0v) is 16.9. The fourth-order valence-corrected chi connectivity index (χ4v) is 3.72. The lowest BCUT2D eigenvalue weighted by Gasteiger charge is -2.32. The van der Waals surface area contributed by atoms with E-state index in [2.05, 4.69) is 11.4 Å². The molecule has 0 saturated carbocycles. The number of benzene rings is 2. The summed E-state index contributed by atoms with van der Waals surface area (Å²) < 4.78 is 18.5. The van der Waals surface area contributed by atoms with E-state index in [-0.39, 0.29) is 23.5 Å². The van der Waals surface area contributed by atoms with Gasteiger partial charge < -0.3 is 15.0 Å². The van der Waals surface area contributed by atoms with E-state index in [1.165, 1.54) is 24.3 Å². The van der Waals surface area contributed by atoms with E-state index >= 15 is 0 Å². The summed E-state index contributed by atoms with van der Waals surface area (Å²) in [6.07, 6.45) is 2.21. The average molecular weight is 398 g/mol. The Morgan fingerprint density at radius 3 is 2.69 bits per heavy atom. The molecule has 1 heterocycles. The Morgan fingerprint density at radius 1 is 1.21 bits per heavy atom. The lowest BCUT2D eigenvalue weighted by molar-refractivity contribution is -0.126. The Bertz CT molecular complexity index is 867. The molecule has 1 aliphatic heterocycles. The van der Waals surface area contributed by atoms with Gasteiger partial charge in [-0.2, -0.15) is 0 Å². The van der Waals surface area contributed by atoms with Crippen LogP contribution in [0.15, 0.2) is 42.5 Å². The molecule has 1 aliphatic rings. The van der Waals surface area contributed by atoms with Crippen LogP contribution in [0, 0.1) is 18.7 Å². The van der Waals surface area contributed by atoms with Crippen LogP contribution in [0.2, 0.25) is 0 Å². The molecule has 1 fully saturated rings. The van der Waals surface area contributed by atoms with E-state index in [0.717, 1.165) is 29.7 Å². The number of piperidine rings is 1. The number of aryl methyl sites for hydroxylation is 1. The fourth-order valence-electron chi connectivity index (χ4n) is 3.72. The third-order valence-electron chi connectivity index (χ3n) is 5.30. The smallest absolute Gasteiger partial charge is 0.253 e. The Balaban J connectivity index is 1.54. The maximum Gasteiger partial charge on any atom is 0.253 e. The van der Waals surface area contributed by atoms with Gasteiger partial charge in [0.05, 0.1) is 13.0 Å². The van der Waals surface area contributed by atoms with Crippen LogP contribution in [0.25, 0.3) is 0 Å². The Kier molecular flexibility index (Phi) is 6.86. The van der Waals surface area contributed by atoms with Crippen molar-refractivity contribution in [2.45, 2.75) is 26.2 Å². The minimum atomic E-state index is -0.373. The number of hydrogen-bond acceptors (Lipinski definition) is 3. The summed E-state index contributed by atoms with van der Waals surface area (Å²) in [6.45, 7) is 3.54. The van der Waals surface area contributed by atoms with Gasteiger partial charge in [0.25, 0.3) is 5.91 Å². The maximum atomic E-state index is 13.1. The van der Waals surface area contributed by atoms with Gasteiger partial charge in [-0.15, -0.1) is 0 Å². The zero-order valence-electron chi connectivity index (χ0n) is 16.9. The van der Waals surface area contributed by atoms with Crippen molar-refractivity contribution < 1.29 is 18.7 Å². The number of carbonyl (C=O) groups excluding carboxylic acids is 2. The van der Waals surface area contributed by atoms with Crippen LogP contribution >= 0.6 is 0 Å². The van der Waals surface area contributed by atoms with Crippen LogP contribution in [0.5, 0.6) is 5.75 Å². The van der Waals surface area contributed by atoms with Crippen molar-refractivity contribution in [1.82, 2.24) is 10.2 Å². The van der Waals surface area contributed by atoms with E-state index in [1.807, 2.05) is 19.1 Å². The molecule has 0 bridgehead atoms. The molecule has 154 valence electrons. The molecule has 1 atom stereocenters. The quantitative estimate of drug-likeness (QED) is 0.812. The number of methoxy groups -OCH3 is 1. The zero-order chi connectivity index (χ0) is 20.8. The summed E-state index contributed by atoms with van der Waals surface area (Å²) in [7, 11) is 1.64. The minimum absolute atomic E-state index is 0.0340. The highest BCUT2D eigenvalue weighted by molar-refractivity contribution is 5.94. The summed E-state index contributed by atoms with van der Waals surface area (Å²) in [5.74, 6) is 0.0223. The molecule has 1 N–H and O–H groups in total. The van der Waals surface area contributed by atoms with Gasteiger partial charge in [-0.05, 0) is 62.1 Å². The lowest BCUT2D eigenvalue weighted by Crippen LogP contribution is -2.45. The topological polar surface area (TPSA) is 58.6 Å². The summed E-state index contributed by atoms with van der Waals surface area (Å²) in [4.78, 5) is 27.0. The first-order chi connectivity index (χ1) is 14.0. The number of carbonyl (C=O) groups is 2. The van der Waals surface area contributed by atoms with Crippen LogP contribution < -0.4 is 10.1 Å². The van der Waals surface area contributed by atoms with E-state index in [4.69, 9.17) is 4.74 Å². The number of hydrogen-bond donors (Lipinski definition) is 1. The molecule has 3 rings (SSSR count). The summed E-state index contributed by atoms with van der Waals surface area (Å²) in [5.41, 5.74) is 2.65. The van der Waals surface area contributed by atoms with Gasteiger partial charge in [0.15, 0.2) is 0 Å². The number of halogens is 1. The highest BCUT2D eigenvalue weighted by Gasteiger charge is 2.28. The highest BCUT2D eigenvalue weighted by atomic mass is 19.1. The minimum Gasteiger partial charge on any atom is -0.496 e. The first kappa shape index (κ1) is 20.8. The molecule has 2 amide bonds. The molecule has 1 saturated heterocycles. The molecule has 6 heteroatoms. The van der Waals surface area contributed by atoms with E-state index < -0.39 is 0 Å². The van der Waals surface area contributed by atoms with Gasteiger partial charge in [-0.3, -0.25) is 9.59 Å². The second-order valence-corrected chi connectivity index (χ2v) is 7.45. The molecule has 0 aromatic heterocycles. The largest absolute Gasteiger partial charge is 0.496 e. The highest BCUT2D eigenvalue weighted by Crippen LogP contribution is 2.21. The van der Waals surface area contributed by atoms with E-state index in [9.17, 15) is 14.0 Å². The first-order valence-electron chi connectivity index (χ1n) is 9.94. The van der Waals surface area contributed by atoms with E-state index in [1.54, 1.807) is 12.0 Å². The summed E-state index contributed by atoms with van der Waals surface area (Å²) >= 11 is 0. The molecular formula is C23H27FN2O3. The van der Waals surface area contributed by atoms with Gasteiger partial charge in [0.1, 0.15) is 11.6 Å². The van der Waals surface area contributed by atoms with Crippen LogP contribution in [0.4, 0.5) is 4.39 Å². The van der Waals surface area contributed by atoms with Crippen molar-refractivity contribution in [1.29, 1.82) is 0 Å². The number of amides is 2. The molecule has 2 aromatic carbocycles. The van der Waals surface area contributed by atoms with E-state index in [0.29, 0.717) is 31.6 Å². The van der Waals surface area contributed by atoms with Crippen molar-refractivity contribution in [2.24, 2.45) is 5.92 Å². The predicted molar refractivity (Wildman–Crippen MR) is 109 cm³/mol. The normalized spacial score (nSPS) is 16.4. The number of nitrogens with one attached hydrogen (secondary N) is 1.